The molecule has 3 heterocycles. The Bertz CT molecular complexity index is 1730. The maximum absolute atomic E-state index is 13.5. The summed E-state index contributed by atoms with van der Waals surface area (Å²) in [6.45, 7) is 0. The first kappa shape index (κ1) is 20.3. The van der Waals surface area contributed by atoms with Crippen LogP contribution in [-0.4, -0.2) is 18.7 Å². The van der Waals surface area contributed by atoms with Crippen LogP contribution in [0, 0.1) is 0 Å². The molecule has 0 N–H and O–H groups in total. The summed E-state index contributed by atoms with van der Waals surface area (Å²) >= 11 is 12.1. The average Bonchev–Trinajstić information content (AvgIpc) is 3.24. The first-order valence-electron chi connectivity index (χ1n) is 9.45. The molecule has 0 atom stereocenters. The monoisotopic (exact) mass is 468 g/mol. The van der Waals surface area contributed by atoms with Crippen molar-refractivity contribution in [3.05, 3.63) is 89.8 Å². The largest absolute Gasteiger partial charge is 0.435 e. The van der Waals surface area contributed by atoms with Gasteiger partial charge in [-0.25, -0.2) is 9.78 Å². The second-order valence-electron chi connectivity index (χ2n) is 7.21. The van der Waals surface area contributed by atoms with Crippen LogP contribution in [0.4, 0.5) is 0 Å². The molecule has 0 unspecified atom stereocenters. The van der Waals surface area contributed by atoms with E-state index in [4.69, 9.17) is 27.6 Å². The van der Waals surface area contributed by atoms with Crippen LogP contribution in [0.5, 0.6) is 0 Å². The molecule has 0 aliphatic carbocycles. The zero-order valence-electron chi connectivity index (χ0n) is 16.8. The van der Waals surface area contributed by atoms with E-state index < -0.39 is 16.8 Å². The number of nitrogens with zero attached hydrogens (tertiary/aromatic N) is 4. The maximum Gasteiger partial charge on any atom is 0.332 e. The summed E-state index contributed by atoms with van der Waals surface area (Å²) < 4.78 is 9.41. The van der Waals surface area contributed by atoms with Gasteiger partial charge in [0.15, 0.2) is 11.1 Å². The lowest BCUT2D eigenvalue weighted by atomic mass is 10.2. The first-order chi connectivity index (χ1) is 15.3. The van der Waals surface area contributed by atoms with E-state index >= 15 is 0 Å². The van der Waals surface area contributed by atoms with E-state index in [-0.39, 0.29) is 33.0 Å². The van der Waals surface area contributed by atoms with Crippen molar-refractivity contribution in [1.82, 2.24) is 18.7 Å². The molecule has 2 aromatic carbocycles. The van der Waals surface area contributed by atoms with Crippen molar-refractivity contribution in [1.29, 1.82) is 0 Å². The molecular formula is C22H14Cl2N4O4. The van der Waals surface area contributed by atoms with E-state index in [1.807, 2.05) is 0 Å². The van der Waals surface area contributed by atoms with Crippen LogP contribution in [-0.2, 0) is 14.1 Å². The number of halogens is 2. The summed E-state index contributed by atoms with van der Waals surface area (Å²) in [4.78, 5) is 43.7. The molecule has 32 heavy (non-hydrogen) atoms. The maximum atomic E-state index is 13.5. The SMILES string of the molecule is Cn1c(=O)c2c3oc(-c4ccc(Cl)c(Cl)c4)nc3c(=O)n(-c3ccccc3)c2n(C)c1=O. The quantitative estimate of drug-likeness (QED) is 0.395. The van der Waals surface area contributed by atoms with Gasteiger partial charge in [0.1, 0.15) is 11.0 Å². The highest BCUT2D eigenvalue weighted by molar-refractivity contribution is 6.42. The Hall–Kier alpha value is -3.62. The summed E-state index contributed by atoms with van der Waals surface area (Å²) in [5.74, 6) is 0.0960. The Balaban J connectivity index is 2.01. The van der Waals surface area contributed by atoms with Crippen LogP contribution in [0.25, 0.3) is 39.3 Å². The third-order valence-electron chi connectivity index (χ3n) is 5.29. The van der Waals surface area contributed by atoms with E-state index in [1.165, 1.54) is 23.2 Å². The second kappa shape index (κ2) is 7.22. The number of benzene rings is 2. The topological polar surface area (TPSA) is 92.0 Å². The van der Waals surface area contributed by atoms with E-state index in [9.17, 15) is 14.4 Å². The zero-order valence-corrected chi connectivity index (χ0v) is 18.3. The fraction of sp³-hybridized carbons (Fsp3) is 0.0909. The van der Waals surface area contributed by atoms with Gasteiger partial charge in [-0.3, -0.25) is 23.3 Å². The van der Waals surface area contributed by atoms with Gasteiger partial charge in [0, 0.05) is 19.7 Å². The number of para-hydroxylation sites is 1. The van der Waals surface area contributed by atoms with Crippen LogP contribution in [0.1, 0.15) is 0 Å². The zero-order chi connectivity index (χ0) is 22.7. The van der Waals surface area contributed by atoms with Crippen molar-refractivity contribution < 1.29 is 4.42 Å². The molecule has 0 radical (unpaired) electrons. The molecule has 0 aliphatic heterocycles. The summed E-state index contributed by atoms with van der Waals surface area (Å²) in [6.07, 6.45) is 0. The number of aromatic nitrogens is 4. The second-order valence-corrected chi connectivity index (χ2v) is 8.02. The summed E-state index contributed by atoms with van der Waals surface area (Å²) in [5.41, 5.74) is -0.684. The average molecular weight is 469 g/mol. The summed E-state index contributed by atoms with van der Waals surface area (Å²) in [7, 11) is 2.86. The van der Waals surface area contributed by atoms with Crippen LogP contribution < -0.4 is 16.8 Å². The minimum Gasteiger partial charge on any atom is -0.435 e. The Morgan fingerprint density at radius 2 is 1.59 bits per heavy atom. The van der Waals surface area contributed by atoms with Gasteiger partial charge in [-0.05, 0) is 30.3 Å². The van der Waals surface area contributed by atoms with Crippen molar-refractivity contribution >= 4 is 45.3 Å². The van der Waals surface area contributed by atoms with Gasteiger partial charge >= 0.3 is 5.69 Å². The van der Waals surface area contributed by atoms with Crippen molar-refractivity contribution in [3.8, 4) is 17.1 Å². The Morgan fingerprint density at radius 3 is 2.28 bits per heavy atom. The summed E-state index contributed by atoms with van der Waals surface area (Å²) in [6, 6.07) is 13.5. The lowest BCUT2D eigenvalue weighted by molar-refractivity contribution is 0.620. The van der Waals surface area contributed by atoms with E-state index in [0.29, 0.717) is 16.3 Å². The molecule has 0 saturated heterocycles. The van der Waals surface area contributed by atoms with Gasteiger partial charge in [-0.1, -0.05) is 41.4 Å². The molecule has 0 amide bonds. The minimum atomic E-state index is -0.602. The third kappa shape index (κ3) is 2.84. The predicted octanol–water partition coefficient (Wildman–Crippen LogP) is 3.50. The summed E-state index contributed by atoms with van der Waals surface area (Å²) in [5, 5.41) is 0.704. The fourth-order valence-corrected chi connectivity index (χ4v) is 4.00. The smallest absolute Gasteiger partial charge is 0.332 e. The van der Waals surface area contributed by atoms with Crippen LogP contribution >= 0.6 is 23.2 Å². The van der Waals surface area contributed by atoms with Gasteiger partial charge in [-0.15, -0.1) is 0 Å². The molecule has 160 valence electrons. The van der Waals surface area contributed by atoms with E-state index in [1.54, 1.807) is 48.5 Å². The van der Waals surface area contributed by atoms with E-state index in [2.05, 4.69) is 4.98 Å². The lowest BCUT2D eigenvalue weighted by Gasteiger charge is -2.14. The fourth-order valence-electron chi connectivity index (χ4n) is 3.70. The third-order valence-corrected chi connectivity index (χ3v) is 6.03. The van der Waals surface area contributed by atoms with Crippen molar-refractivity contribution in [2.24, 2.45) is 14.1 Å². The molecular weight excluding hydrogens is 455 g/mol. The van der Waals surface area contributed by atoms with Crippen LogP contribution in [0.2, 0.25) is 10.0 Å². The number of hydrogen-bond donors (Lipinski definition) is 0. The molecule has 8 nitrogen and oxygen atoms in total. The van der Waals surface area contributed by atoms with Gasteiger partial charge in [0.25, 0.3) is 11.1 Å². The number of aryl methyl sites for hydroxylation is 1. The molecule has 0 saturated carbocycles. The first-order valence-corrected chi connectivity index (χ1v) is 10.2. The van der Waals surface area contributed by atoms with Crippen molar-refractivity contribution in [2.45, 2.75) is 0 Å². The highest BCUT2D eigenvalue weighted by Crippen LogP contribution is 2.31. The number of pyridine rings is 1. The number of oxazole rings is 1. The number of hydrogen-bond acceptors (Lipinski definition) is 5. The molecule has 5 aromatic rings. The van der Waals surface area contributed by atoms with Gasteiger partial charge in [0.2, 0.25) is 5.89 Å². The standard InChI is InChI=1S/C22H14Cl2N4O4/c1-26-19-15(20(29)27(2)22(26)31)17-16(21(30)28(19)12-6-4-3-5-7-12)25-18(32-17)11-8-9-13(23)14(24)10-11/h3-10H,1-2H3. The van der Waals surface area contributed by atoms with Crippen molar-refractivity contribution in [2.75, 3.05) is 0 Å². The molecule has 0 aliphatic rings. The Morgan fingerprint density at radius 1 is 0.875 bits per heavy atom. The molecule has 5 rings (SSSR count). The number of fused-ring (bicyclic) bond motifs is 3. The molecule has 10 heteroatoms. The predicted molar refractivity (Wildman–Crippen MR) is 123 cm³/mol. The highest BCUT2D eigenvalue weighted by atomic mass is 35.5. The van der Waals surface area contributed by atoms with Crippen LogP contribution in [0.15, 0.2) is 67.3 Å². The van der Waals surface area contributed by atoms with Crippen LogP contribution in [0.3, 0.4) is 0 Å². The highest BCUT2D eigenvalue weighted by Gasteiger charge is 2.24. The van der Waals surface area contributed by atoms with Gasteiger partial charge in [-0.2, -0.15) is 0 Å². The van der Waals surface area contributed by atoms with Gasteiger partial charge < -0.3 is 4.42 Å². The molecule has 0 fully saturated rings. The Kier molecular flexibility index (Phi) is 4.58. The number of rotatable bonds is 2. The Labute approximate surface area is 189 Å². The minimum absolute atomic E-state index is 0.00514. The molecule has 0 bridgehead atoms. The normalized spacial score (nSPS) is 11.5. The van der Waals surface area contributed by atoms with Crippen molar-refractivity contribution in [3.63, 3.8) is 0 Å². The van der Waals surface area contributed by atoms with Gasteiger partial charge in [0.05, 0.1) is 15.7 Å². The molecule has 0 spiro atoms. The van der Waals surface area contributed by atoms with E-state index in [0.717, 1.165) is 4.57 Å². The molecule has 3 aromatic heterocycles. The lowest BCUT2D eigenvalue weighted by Crippen LogP contribution is -2.39.